The zero-order chi connectivity index (χ0) is 16.8. The van der Waals surface area contributed by atoms with Crippen LogP contribution in [-0.2, 0) is 4.79 Å². The van der Waals surface area contributed by atoms with Gasteiger partial charge in [-0.2, -0.15) is 0 Å². The number of methoxy groups -OCH3 is 1. The average molecular weight is 315 g/mol. The summed E-state index contributed by atoms with van der Waals surface area (Å²) in [7, 11) is 1.45. The van der Waals surface area contributed by atoms with Gasteiger partial charge in [0.1, 0.15) is 11.6 Å². The smallest absolute Gasteiger partial charge is 0.232 e. The van der Waals surface area contributed by atoms with E-state index in [1.807, 2.05) is 30.3 Å². The van der Waals surface area contributed by atoms with Crippen molar-refractivity contribution < 1.29 is 13.9 Å². The second-order valence-electron chi connectivity index (χ2n) is 5.61. The first-order valence-electron chi connectivity index (χ1n) is 7.76. The van der Waals surface area contributed by atoms with Crippen molar-refractivity contribution in [2.75, 3.05) is 12.4 Å². The van der Waals surface area contributed by atoms with E-state index < -0.39 is 5.82 Å². The third kappa shape index (κ3) is 4.09. The van der Waals surface area contributed by atoms with Crippen molar-refractivity contribution >= 4 is 11.6 Å². The van der Waals surface area contributed by atoms with Gasteiger partial charge >= 0.3 is 0 Å². The molecule has 1 amide bonds. The first kappa shape index (κ1) is 17.0. The Morgan fingerprint density at radius 2 is 1.91 bits per heavy atom. The van der Waals surface area contributed by atoms with Gasteiger partial charge in [0.25, 0.3) is 0 Å². The lowest BCUT2D eigenvalue weighted by Crippen LogP contribution is -2.26. The molecule has 0 saturated heterocycles. The number of benzene rings is 2. The quantitative estimate of drug-likeness (QED) is 0.846. The predicted octanol–water partition coefficient (Wildman–Crippen LogP) is 4.60. The molecule has 0 aliphatic heterocycles. The van der Waals surface area contributed by atoms with Crippen LogP contribution in [0.3, 0.4) is 0 Å². The van der Waals surface area contributed by atoms with Gasteiger partial charge in [0.2, 0.25) is 5.91 Å². The number of hydrogen-bond acceptors (Lipinski definition) is 2. The summed E-state index contributed by atoms with van der Waals surface area (Å²) in [6.45, 7) is 4.12. The standard InChI is InChI=1S/C19H22FNO2/c1-4-13(2)18(14-8-6-5-7-9-14)19(22)21-16-11-10-15(20)12-17(16)23-3/h5-13,18H,4H2,1-3H3,(H,21,22). The molecule has 2 aromatic carbocycles. The van der Waals surface area contributed by atoms with Gasteiger partial charge in [-0.1, -0.05) is 50.6 Å². The Morgan fingerprint density at radius 1 is 1.22 bits per heavy atom. The second-order valence-corrected chi connectivity index (χ2v) is 5.61. The third-order valence-corrected chi connectivity index (χ3v) is 4.08. The van der Waals surface area contributed by atoms with E-state index in [-0.39, 0.29) is 17.7 Å². The number of carbonyl (C=O) groups is 1. The highest BCUT2D eigenvalue weighted by Gasteiger charge is 2.26. The van der Waals surface area contributed by atoms with Crippen LogP contribution in [0.2, 0.25) is 0 Å². The lowest BCUT2D eigenvalue weighted by atomic mass is 9.85. The molecular weight excluding hydrogens is 293 g/mol. The van der Waals surface area contributed by atoms with E-state index in [2.05, 4.69) is 19.2 Å². The maximum atomic E-state index is 13.3. The summed E-state index contributed by atoms with van der Waals surface area (Å²) >= 11 is 0. The Labute approximate surface area is 136 Å². The molecule has 0 radical (unpaired) electrons. The number of hydrogen-bond donors (Lipinski definition) is 1. The molecule has 0 bridgehead atoms. The highest BCUT2D eigenvalue weighted by molar-refractivity contribution is 5.97. The molecule has 3 nitrogen and oxygen atoms in total. The lowest BCUT2D eigenvalue weighted by molar-refractivity contribution is -0.118. The van der Waals surface area contributed by atoms with Crippen LogP contribution in [0.25, 0.3) is 0 Å². The molecule has 23 heavy (non-hydrogen) atoms. The van der Waals surface area contributed by atoms with Crippen molar-refractivity contribution in [1.29, 1.82) is 0 Å². The fourth-order valence-electron chi connectivity index (χ4n) is 2.61. The van der Waals surface area contributed by atoms with Crippen LogP contribution in [0.1, 0.15) is 31.7 Å². The van der Waals surface area contributed by atoms with Gasteiger partial charge in [0.05, 0.1) is 18.7 Å². The van der Waals surface area contributed by atoms with Crippen LogP contribution in [0.5, 0.6) is 5.75 Å². The van der Waals surface area contributed by atoms with Crippen molar-refractivity contribution in [1.82, 2.24) is 0 Å². The molecule has 122 valence electrons. The van der Waals surface area contributed by atoms with Crippen LogP contribution in [0.4, 0.5) is 10.1 Å². The van der Waals surface area contributed by atoms with Crippen LogP contribution >= 0.6 is 0 Å². The second kappa shape index (κ2) is 7.77. The minimum absolute atomic E-state index is 0.115. The van der Waals surface area contributed by atoms with Gasteiger partial charge in [-0.25, -0.2) is 4.39 Å². The monoisotopic (exact) mass is 315 g/mol. The average Bonchev–Trinajstić information content (AvgIpc) is 2.57. The largest absolute Gasteiger partial charge is 0.494 e. The van der Waals surface area contributed by atoms with Crippen LogP contribution in [0, 0.1) is 11.7 Å². The molecule has 4 heteroatoms. The third-order valence-electron chi connectivity index (χ3n) is 4.08. The summed E-state index contributed by atoms with van der Waals surface area (Å²) in [4.78, 5) is 12.8. The highest BCUT2D eigenvalue weighted by Crippen LogP contribution is 2.31. The molecule has 0 heterocycles. The minimum Gasteiger partial charge on any atom is -0.494 e. The van der Waals surface area contributed by atoms with Gasteiger partial charge in [-0.3, -0.25) is 4.79 Å². The molecule has 0 aliphatic carbocycles. The number of carbonyl (C=O) groups excluding carboxylic acids is 1. The zero-order valence-electron chi connectivity index (χ0n) is 13.7. The first-order chi connectivity index (χ1) is 11.1. The summed E-state index contributed by atoms with van der Waals surface area (Å²) in [5.41, 5.74) is 1.45. The van der Waals surface area contributed by atoms with Crippen molar-refractivity contribution in [2.45, 2.75) is 26.2 Å². The Morgan fingerprint density at radius 3 is 2.52 bits per heavy atom. The highest BCUT2D eigenvalue weighted by atomic mass is 19.1. The van der Waals surface area contributed by atoms with Gasteiger partial charge in [0, 0.05) is 6.07 Å². The van der Waals surface area contributed by atoms with E-state index in [9.17, 15) is 9.18 Å². The molecule has 2 atom stereocenters. The van der Waals surface area contributed by atoms with Crippen LogP contribution in [0.15, 0.2) is 48.5 Å². The number of rotatable bonds is 6. The van der Waals surface area contributed by atoms with Crippen LogP contribution in [-0.4, -0.2) is 13.0 Å². The van der Waals surface area contributed by atoms with Crippen molar-refractivity contribution in [2.24, 2.45) is 5.92 Å². The number of ether oxygens (including phenoxy) is 1. The Bertz CT molecular complexity index is 658. The summed E-state index contributed by atoms with van der Waals surface area (Å²) < 4.78 is 18.4. The fraction of sp³-hybridized carbons (Fsp3) is 0.316. The lowest BCUT2D eigenvalue weighted by Gasteiger charge is -2.23. The van der Waals surface area contributed by atoms with E-state index in [1.165, 1.54) is 25.3 Å². The maximum Gasteiger partial charge on any atom is 0.232 e. The van der Waals surface area contributed by atoms with E-state index in [1.54, 1.807) is 0 Å². The molecule has 0 spiro atoms. The fourth-order valence-corrected chi connectivity index (χ4v) is 2.61. The van der Waals surface area contributed by atoms with E-state index in [4.69, 9.17) is 4.74 Å². The molecule has 0 aromatic heterocycles. The van der Waals surface area contributed by atoms with Gasteiger partial charge in [-0.05, 0) is 23.6 Å². The van der Waals surface area contributed by atoms with Crippen LogP contribution < -0.4 is 10.1 Å². The maximum absolute atomic E-state index is 13.3. The summed E-state index contributed by atoms with van der Waals surface area (Å²) in [6.07, 6.45) is 0.882. The van der Waals surface area contributed by atoms with E-state index >= 15 is 0 Å². The molecule has 2 aromatic rings. The molecule has 1 N–H and O–H groups in total. The number of amides is 1. The molecule has 2 rings (SSSR count). The van der Waals surface area contributed by atoms with Crippen molar-refractivity contribution in [3.05, 3.63) is 59.9 Å². The summed E-state index contributed by atoms with van der Waals surface area (Å²) in [6, 6.07) is 13.8. The molecule has 2 unspecified atom stereocenters. The first-order valence-corrected chi connectivity index (χ1v) is 7.76. The summed E-state index contributed by atoms with van der Waals surface area (Å²) in [5, 5.41) is 2.87. The topological polar surface area (TPSA) is 38.3 Å². The minimum atomic E-state index is -0.401. The van der Waals surface area contributed by atoms with Crippen molar-refractivity contribution in [3.8, 4) is 5.75 Å². The number of nitrogens with one attached hydrogen (secondary N) is 1. The van der Waals surface area contributed by atoms with Crippen molar-refractivity contribution in [3.63, 3.8) is 0 Å². The van der Waals surface area contributed by atoms with E-state index in [0.717, 1.165) is 12.0 Å². The molecule has 0 fully saturated rings. The Hall–Kier alpha value is -2.36. The number of anilines is 1. The molecule has 0 aliphatic rings. The van der Waals surface area contributed by atoms with Gasteiger partial charge < -0.3 is 10.1 Å². The molecule has 0 saturated carbocycles. The number of halogens is 1. The zero-order valence-corrected chi connectivity index (χ0v) is 13.7. The van der Waals surface area contributed by atoms with Gasteiger partial charge in [0.15, 0.2) is 0 Å². The van der Waals surface area contributed by atoms with Gasteiger partial charge in [-0.15, -0.1) is 0 Å². The summed E-state index contributed by atoms with van der Waals surface area (Å²) in [5.74, 6) is -0.286. The SMILES string of the molecule is CCC(C)C(C(=O)Nc1ccc(F)cc1OC)c1ccccc1. The molecular formula is C19H22FNO2. The normalized spacial score (nSPS) is 13.2. The van der Waals surface area contributed by atoms with E-state index in [0.29, 0.717) is 11.4 Å². The Balaban J connectivity index is 2.28. The predicted molar refractivity (Wildman–Crippen MR) is 90.2 cm³/mol. The Kier molecular flexibility index (Phi) is 5.74.